The van der Waals surface area contributed by atoms with Gasteiger partial charge in [-0.1, -0.05) is 78.2 Å². The SMILES string of the molecule is CNC(=O)C(c1cccc(OC(C)C)c1)C(C(CC(CC(=O)O)c1ccccc1)c1ccc(Cl)c(Cl)c1)N1CCCCC1. The molecular weight excluding hydrogens is 583 g/mol. The Hall–Kier alpha value is -3.06. The molecule has 43 heavy (non-hydrogen) atoms. The lowest BCUT2D eigenvalue weighted by molar-refractivity contribution is -0.137. The molecule has 4 rings (SSSR count). The predicted octanol–water partition coefficient (Wildman–Crippen LogP) is 7.90. The highest BCUT2D eigenvalue weighted by molar-refractivity contribution is 6.42. The first kappa shape index (κ1) is 32.8. The first-order valence-electron chi connectivity index (χ1n) is 15.1. The van der Waals surface area contributed by atoms with Crippen LogP contribution in [0.15, 0.2) is 72.8 Å². The lowest BCUT2D eigenvalue weighted by Gasteiger charge is -2.44. The molecule has 3 aromatic rings. The number of aliphatic carboxylic acids is 1. The standard InChI is InChI=1S/C35H42Cl2N2O4/c1-23(2)43-28-14-10-13-26(19-28)33(35(42)38-3)34(39-17-8-5-9-18-39)29(25-15-16-30(36)31(37)21-25)20-27(22-32(40)41)24-11-6-4-7-12-24/h4,6-7,10-16,19,21,23,27,29,33-34H,5,8-9,17-18,20,22H2,1-3H3,(H,38,42)(H,40,41). The van der Waals surface area contributed by atoms with Crippen molar-refractivity contribution in [2.45, 2.75) is 75.9 Å². The summed E-state index contributed by atoms with van der Waals surface area (Å²) in [7, 11) is 1.67. The number of likely N-dealkylation sites (N-methyl/N-ethyl adjacent to an activating group) is 1. The maximum absolute atomic E-state index is 14.0. The van der Waals surface area contributed by atoms with Crippen molar-refractivity contribution in [3.63, 3.8) is 0 Å². The number of carbonyl (C=O) groups excluding carboxylic acids is 1. The topological polar surface area (TPSA) is 78.9 Å². The molecule has 0 spiro atoms. The molecule has 1 fully saturated rings. The molecule has 1 aliphatic rings. The second kappa shape index (κ2) is 15.6. The van der Waals surface area contributed by atoms with Crippen LogP contribution in [-0.4, -0.2) is 54.2 Å². The van der Waals surface area contributed by atoms with Gasteiger partial charge in [-0.15, -0.1) is 0 Å². The van der Waals surface area contributed by atoms with Gasteiger partial charge in [0.15, 0.2) is 0 Å². The van der Waals surface area contributed by atoms with Crippen LogP contribution in [0.1, 0.15) is 80.4 Å². The molecule has 1 saturated heterocycles. The number of rotatable bonds is 13. The highest BCUT2D eigenvalue weighted by Crippen LogP contribution is 2.44. The summed E-state index contributed by atoms with van der Waals surface area (Å²) in [6.45, 7) is 5.64. The second-order valence-electron chi connectivity index (χ2n) is 11.6. The number of ether oxygens (including phenoxy) is 1. The fourth-order valence-corrected chi connectivity index (χ4v) is 6.73. The van der Waals surface area contributed by atoms with Gasteiger partial charge < -0.3 is 15.2 Å². The number of likely N-dealkylation sites (tertiary alicyclic amines) is 1. The van der Waals surface area contributed by atoms with Gasteiger partial charge in [-0.25, -0.2) is 0 Å². The van der Waals surface area contributed by atoms with Crippen LogP contribution < -0.4 is 10.1 Å². The zero-order valence-electron chi connectivity index (χ0n) is 25.1. The molecule has 0 aromatic heterocycles. The van der Waals surface area contributed by atoms with Crippen LogP contribution in [0.3, 0.4) is 0 Å². The minimum absolute atomic E-state index is 0.0156. The number of nitrogens with one attached hydrogen (secondary N) is 1. The van der Waals surface area contributed by atoms with E-state index in [2.05, 4.69) is 10.2 Å². The van der Waals surface area contributed by atoms with Crippen molar-refractivity contribution in [3.8, 4) is 5.75 Å². The van der Waals surface area contributed by atoms with E-state index in [-0.39, 0.29) is 36.3 Å². The fraction of sp³-hybridized carbons (Fsp3) is 0.429. The molecule has 1 amide bonds. The summed E-state index contributed by atoms with van der Waals surface area (Å²) >= 11 is 13.0. The van der Waals surface area contributed by atoms with Crippen LogP contribution in [0.5, 0.6) is 5.75 Å². The first-order valence-corrected chi connectivity index (χ1v) is 15.9. The van der Waals surface area contributed by atoms with E-state index in [4.69, 9.17) is 27.9 Å². The molecule has 0 radical (unpaired) electrons. The van der Waals surface area contributed by atoms with Gasteiger partial charge in [0.2, 0.25) is 5.91 Å². The third-order valence-electron chi connectivity index (χ3n) is 8.29. The van der Waals surface area contributed by atoms with Gasteiger partial charge in [-0.05, 0) is 93.1 Å². The molecule has 4 unspecified atom stereocenters. The van der Waals surface area contributed by atoms with Crippen molar-refractivity contribution in [1.29, 1.82) is 0 Å². The molecule has 2 N–H and O–H groups in total. The van der Waals surface area contributed by atoms with Crippen LogP contribution >= 0.6 is 23.2 Å². The summed E-state index contributed by atoms with van der Waals surface area (Å²) in [5, 5.41) is 13.8. The molecule has 8 heteroatoms. The van der Waals surface area contributed by atoms with E-state index in [0.717, 1.165) is 49.0 Å². The summed E-state index contributed by atoms with van der Waals surface area (Å²) in [5.41, 5.74) is 2.74. The Bertz CT molecular complexity index is 1360. The summed E-state index contributed by atoms with van der Waals surface area (Å²) in [6, 6.07) is 22.9. The van der Waals surface area contributed by atoms with Crippen molar-refractivity contribution in [2.75, 3.05) is 20.1 Å². The quantitative estimate of drug-likeness (QED) is 0.202. The summed E-state index contributed by atoms with van der Waals surface area (Å²) < 4.78 is 6.04. The van der Waals surface area contributed by atoms with Crippen molar-refractivity contribution in [2.24, 2.45) is 0 Å². The Morgan fingerprint density at radius 2 is 1.58 bits per heavy atom. The van der Waals surface area contributed by atoms with Gasteiger partial charge >= 0.3 is 5.97 Å². The van der Waals surface area contributed by atoms with E-state index >= 15 is 0 Å². The van der Waals surface area contributed by atoms with Crippen LogP contribution in [0.2, 0.25) is 10.0 Å². The summed E-state index contributed by atoms with van der Waals surface area (Å²) in [4.78, 5) is 28.6. The average molecular weight is 626 g/mol. The van der Waals surface area contributed by atoms with Gasteiger partial charge in [-0.2, -0.15) is 0 Å². The molecule has 0 aliphatic carbocycles. The van der Waals surface area contributed by atoms with Crippen LogP contribution in [0.4, 0.5) is 0 Å². The van der Waals surface area contributed by atoms with Gasteiger partial charge in [0, 0.05) is 19.0 Å². The van der Waals surface area contributed by atoms with Crippen molar-refractivity contribution >= 4 is 35.1 Å². The van der Waals surface area contributed by atoms with E-state index < -0.39 is 11.9 Å². The third kappa shape index (κ3) is 8.75. The second-order valence-corrected chi connectivity index (χ2v) is 12.5. The van der Waals surface area contributed by atoms with Gasteiger partial charge in [0.05, 0.1) is 28.5 Å². The largest absolute Gasteiger partial charge is 0.491 e. The Kier molecular flexibility index (Phi) is 11.9. The third-order valence-corrected chi connectivity index (χ3v) is 9.03. The lowest BCUT2D eigenvalue weighted by Crippen LogP contribution is -2.50. The van der Waals surface area contributed by atoms with E-state index in [1.165, 1.54) is 0 Å². The van der Waals surface area contributed by atoms with Gasteiger partial charge in [0.1, 0.15) is 5.75 Å². The zero-order valence-corrected chi connectivity index (χ0v) is 26.7. The number of benzene rings is 3. The van der Waals surface area contributed by atoms with E-state index in [1.807, 2.05) is 80.6 Å². The molecular formula is C35H42Cl2N2O4. The highest BCUT2D eigenvalue weighted by atomic mass is 35.5. The van der Waals surface area contributed by atoms with E-state index in [9.17, 15) is 14.7 Å². The number of amides is 1. The van der Waals surface area contributed by atoms with Gasteiger partial charge in [0.25, 0.3) is 0 Å². The number of carbonyl (C=O) groups is 2. The van der Waals surface area contributed by atoms with Gasteiger partial charge in [-0.3, -0.25) is 14.5 Å². The summed E-state index contributed by atoms with van der Waals surface area (Å²) in [6.07, 6.45) is 3.65. The van der Waals surface area contributed by atoms with Crippen molar-refractivity contribution in [1.82, 2.24) is 10.2 Å². The average Bonchev–Trinajstić information content (AvgIpc) is 3.00. The Labute approximate surface area is 265 Å². The van der Waals surface area contributed by atoms with Crippen LogP contribution in [0, 0.1) is 0 Å². The molecule has 4 atom stereocenters. The van der Waals surface area contributed by atoms with Crippen LogP contribution in [-0.2, 0) is 9.59 Å². The van der Waals surface area contributed by atoms with Crippen LogP contribution in [0.25, 0.3) is 0 Å². The lowest BCUT2D eigenvalue weighted by atomic mass is 9.73. The fourth-order valence-electron chi connectivity index (χ4n) is 6.42. The maximum Gasteiger partial charge on any atom is 0.303 e. The molecule has 3 aromatic carbocycles. The number of halogens is 2. The molecule has 230 valence electrons. The smallest absolute Gasteiger partial charge is 0.303 e. The molecule has 1 heterocycles. The monoisotopic (exact) mass is 624 g/mol. The first-order chi connectivity index (χ1) is 20.7. The molecule has 0 bridgehead atoms. The number of nitrogens with zero attached hydrogens (tertiary/aromatic N) is 1. The normalized spacial score (nSPS) is 16.7. The van der Waals surface area contributed by atoms with Crippen molar-refractivity contribution in [3.05, 3.63) is 99.5 Å². The number of carboxylic acid groups (broad SMARTS) is 1. The number of hydrogen-bond acceptors (Lipinski definition) is 4. The highest BCUT2D eigenvalue weighted by Gasteiger charge is 2.41. The number of carboxylic acids is 1. The number of piperidine rings is 1. The minimum Gasteiger partial charge on any atom is -0.491 e. The molecule has 6 nitrogen and oxygen atoms in total. The van der Waals surface area contributed by atoms with E-state index in [1.54, 1.807) is 13.1 Å². The maximum atomic E-state index is 14.0. The molecule has 1 aliphatic heterocycles. The molecule has 0 saturated carbocycles. The van der Waals surface area contributed by atoms with Crippen molar-refractivity contribution < 1.29 is 19.4 Å². The summed E-state index contributed by atoms with van der Waals surface area (Å²) in [5.74, 6) is -1.34. The zero-order chi connectivity index (χ0) is 30.9. The predicted molar refractivity (Wildman–Crippen MR) is 173 cm³/mol. The minimum atomic E-state index is -0.863. The Morgan fingerprint density at radius 1 is 0.884 bits per heavy atom. The Morgan fingerprint density at radius 3 is 2.21 bits per heavy atom. The Balaban J connectivity index is 1.92. The van der Waals surface area contributed by atoms with E-state index in [0.29, 0.717) is 22.2 Å². The number of hydrogen-bond donors (Lipinski definition) is 2.